The molecule has 3 rings (SSSR count). The van der Waals surface area contributed by atoms with Crippen LogP contribution in [0.5, 0.6) is 5.75 Å². The van der Waals surface area contributed by atoms with Crippen molar-refractivity contribution in [1.29, 1.82) is 0 Å². The van der Waals surface area contributed by atoms with Crippen LogP contribution in [0.3, 0.4) is 0 Å². The minimum Gasteiger partial charge on any atom is -0.478 e. The topological polar surface area (TPSA) is 46.5 Å². The molecule has 3 nitrogen and oxygen atoms in total. The van der Waals surface area contributed by atoms with E-state index in [-0.39, 0.29) is 0 Å². The quantitative estimate of drug-likeness (QED) is 0.751. The van der Waals surface area contributed by atoms with Crippen molar-refractivity contribution in [2.75, 3.05) is 0 Å². The van der Waals surface area contributed by atoms with Crippen LogP contribution in [-0.2, 0) is 11.2 Å². The highest BCUT2D eigenvalue weighted by atomic mass is 16.5. The standard InChI is InChI=1S/C21H20O3/c1-14-7-8-16(11-15(14)2)12-20(21(22)23)24-19-10-9-17-5-3-4-6-18(17)13-19/h3-11,13,20H,12H2,1-2H3,(H,22,23)/t20-/m1/s1. The summed E-state index contributed by atoms with van der Waals surface area (Å²) in [6.45, 7) is 4.07. The summed E-state index contributed by atoms with van der Waals surface area (Å²) in [6, 6.07) is 19.6. The first-order chi connectivity index (χ1) is 11.5. The molecule has 0 saturated carbocycles. The zero-order valence-corrected chi connectivity index (χ0v) is 13.8. The van der Waals surface area contributed by atoms with E-state index in [0.717, 1.165) is 21.9 Å². The van der Waals surface area contributed by atoms with Gasteiger partial charge in [0.05, 0.1) is 0 Å². The number of carbonyl (C=O) groups is 1. The Hall–Kier alpha value is -2.81. The van der Waals surface area contributed by atoms with Crippen molar-refractivity contribution in [2.45, 2.75) is 26.4 Å². The van der Waals surface area contributed by atoms with Crippen molar-refractivity contribution in [3.8, 4) is 5.75 Å². The number of rotatable bonds is 5. The van der Waals surface area contributed by atoms with Crippen molar-refractivity contribution in [3.63, 3.8) is 0 Å². The second-order valence-electron chi connectivity index (χ2n) is 6.08. The van der Waals surface area contributed by atoms with Crippen LogP contribution >= 0.6 is 0 Å². The molecule has 1 N–H and O–H groups in total. The number of benzene rings is 3. The van der Waals surface area contributed by atoms with Crippen LogP contribution in [0.4, 0.5) is 0 Å². The summed E-state index contributed by atoms with van der Waals surface area (Å²) in [4.78, 5) is 11.6. The number of hydrogen-bond donors (Lipinski definition) is 1. The molecule has 0 bridgehead atoms. The number of carboxylic acids is 1. The van der Waals surface area contributed by atoms with Gasteiger partial charge in [-0.15, -0.1) is 0 Å². The Morgan fingerprint density at radius 2 is 1.71 bits per heavy atom. The van der Waals surface area contributed by atoms with E-state index in [4.69, 9.17) is 4.74 Å². The Bertz CT molecular complexity index is 883. The Morgan fingerprint density at radius 1 is 0.958 bits per heavy atom. The van der Waals surface area contributed by atoms with Gasteiger partial charge in [-0.25, -0.2) is 4.79 Å². The summed E-state index contributed by atoms with van der Waals surface area (Å²) in [5, 5.41) is 11.6. The summed E-state index contributed by atoms with van der Waals surface area (Å²) < 4.78 is 5.76. The van der Waals surface area contributed by atoms with Gasteiger partial charge in [-0.05, 0) is 53.4 Å². The predicted octanol–water partition coefficient (Wildman–Crippen LogP) is 4.53. The zero-order chi connectivity index (χ0) is 17.1. The van der Waals surface area contributed by atoms with Crippen LogP contribution in [0.1, 0.15) is 16.7 Å². The Balaban J connectivity index is 1.82. The number of ether oxygens (including phenoxy) is 1. The molecule has 24 heavy (non-hydrogen) atoms. The molecule has 0 aliphatic carbocycles. The Kier molecular flexibility index (Phi) is 4.52. The monoisotopic (exact) mass is 320 g/mol. The first kappa shape index (κ1) is 16.1. The molecule has 0 fully saturated rings. The molecule has 3 aromatic rings. The van der Waals surface area contributed by atoms with Crippen LogP contribution in [0.2, 0.25) is 0 Å². The minimum atomic E-state index is -0.957. The van der Waals surface area contributed by atoms with E-state index in [1.807, 2.05) is 74.5 Å². The molecule has 0 spiro atoms. The molecule has 3 heteroatoms. The molecular formula is C21H20O3. The highest BCUT2D eigenvalue weighted by Crippen LogP contribution is 2.22. The minimum absolute atomic E-state index is 0.337. The van der Waals surface area contributed by atoms with Crippen LogP contribution in [0.25, 0.3) is 10.8 Å². The Morgan fingerprint density at radius 3 is 2.42 bits per heavy atom. The van der Waals surface area contributed by atoms with E-state index in [2.05, 4.69) is 0 Å². The molecule has 0 aliphatic heterocycles. The predicted molar refractivity (Wildman–Crippen MR) is 95.6 cm³/mol. The second kappa shape index (κ2) is 6.75. The summed E-state index contributed by atoms with van der Waals surface area (Å²) in [5.41, 5.74) is 3.31. The van der Waals surface area contributed by atoms with Gasteiger partial charge in [0.25, 0.3) is 0 Å². The van der Waals surface area contributed by atoms with E-state index in [0.29, 0.717) is 12.2 Å². The zero-order valence-electron chi connectivity index (χ0n) is 13.8. The molecule has 122 valence electrons. The van der Waals surface area contributed by atoms with Crippen LogP contribution in [0.15, 0.2) is 60.7 Å². The lowest BCUT2D eigenvalue weighted by Crippen LogP contribution is -2.29. The molecule has 0 radical (unpaired) electrons. The van der Waals surface area contributed by atoms with Gasteiger partial charge in [-0.2, -0.15) is 0 Å². The molecule has 0 heterocycles. The third-order valence-corrected chi connectivity index (χ3v) is 4.27. The molecule has 1 atom stereocenters. The number of carboxylic acid groups (broad SMARTS) is 1. The van der Waals surface area contributed by atoms with Gasteiger partial charge in [-0.3, -0.25) is 0 Å². The molecule has 0 unspecified atom stereocenters. The maximum atomic E-state index is 11.6. The highest BCUT2D eigenvalue weighted by Gasteiger charge is 2.20. The average molecular weight is 320 g/mol. The van der Waals surface area contributed by atoms with Crippen molar-refractivity contribution < 1.29 is 14.6 Å². The van der Waals surface area contributed by atoms with Gasteiger partial charge in [0.2, 0.25) is 0 Å². The van der Waals surface area contributed by atoms with E-state index in [9.17, 15) is 9.90 Å². The average Bonchev–Trinajstić information content (AvgIpc) is 2.57. The van der Waals surface area contributed by atoms with Crippen LogP contribution in [0, 0.1) is 13.8 Å². The lowest BCUT2D eigenvalue weighted by Gasteiger charge is -2.16. The van der Waals surface area contributed by atoms with Gasteiger partial charge in [0, 0.05) is 6.42 Å². The number of fused-ring (bicyclic) bond motifs is 1. The van der Waals surface area contributed by atoms with Crippen molar-refractivity contribution in [2.24, 2.45) is 0 Å². The maximum Gasteiger partial charge on any atom is 0.345 e. The van der Waals surface area contributed by atoms with Gasteiger partial charge in [0.15, 0.2) is 6.10 Å². The third kappa shape index (κ3) is 3.57. The fourth-order valence-electron chi connectivity index (χ4n) is 2.73. The molecular weight excluding hydrogens is 300 g/mol. The number of aryl methyl sites for hydroxylation is 2. The molecule has 0 aromatic heterocycles. The van der Waals surface area contributed by atoms with E-state index >= 15 is 0 Å². The normalized spacial score (nSPS) is 12.1. The summed E-state index contributed by atoms with van der Waals surface area (Å²) in [5.74, 6) is -0.383. The molecule has 0 aliphatic rings. The summed E-state index contributed by atoms with van der Waals surface area (Å²) in [7, 11) is 0. The van der Waals surface area contributed by atoms with E-state index < -0.39 is 12.1 Å². The van der Waals surface area contributed by atoms with Crippen LogP contribution in [-0.4, -0.2) is 17.2 Å². The first-order valence-electron chi connectivity index (χ1n) is 7.97. The third-order valence-electron chi connectivity index (χ3n) is 4.27. The van der Waals surface area contributed by atoms with Gasteiger partial charge >= 0.3 is 5.97 Å². The van der Waals surface area contributed by atoms with E-state index in [1.165, 1.54) is 5.56 Å². The lowest BCUT2D eigenvalue weighted by molar-refractivity contribution is -0.145. The largest absolute Gasteiger partial charge is 0.478 e. The van der Waals surface area contributed by atoms with Crippen LogP contribution < -0.4 is 4.74 Å². The van der Waals surface area contributed by atoms with Crippen molar-refractivity contribution >= 4 is 16.7 Å². The molecule has 0 amide bonds. The SMILES string of the molecule is Cc1ccc(C[C@@H](Oc2ccc3ccccc3c2)C(=O)O)cc1C. The van der Waals surface area contributed by atoms with Gasteiger partial charge in [0.1, 0.15) is 5.75 Å². The van der Waals surface area contributed by atoms with E-state index in [1.54, 1.807) is 0 Å². The van der Waals surface area contributed by atoms with Gasteiger partial charge < -0.3 is 9.84 Å². The van der Waals surface area contributed by atoms with Crippen molar-refractivity contribution in [1.82, 2.24) is 0 Å². The number of hydrogen-bond acceptors (Lipinski definition) is 2. The number of aliphatic carboxylic acids is 1. The smallest absolute Gasteiger partial charge is 0.345 e. The second-order valence-corrected chi connectivity index (χ2v) is 6.08. The maximum absolute atomic E-state index is 11.6. The summed E-state index contributed by atoms with van der Waals surface area (Å²) in [6.07, 6.45) is -0.572. The molecule has 0 saturated heterocycles. The fraction of sp³-hybridized carbons (Fsp3) is 0.190. The lowest BCUT2D eigenvalue weighted by atomic mass is 10.0. The van der Waals surface area contributed by atoms with Crippen molar-refractivity contribution in [3.05, 3.63) is 77.4 Å². The summed E-state index contributed by atoms with van der Waals surface area (Å²) >= 11 is 0. The molecule has 3 aromatic carbocycles. The Labute approximate surface area is 141 Å². The first-order valence-corrected chi connectivity index (χ1v) is 7.97. The van der Waals surface area contributed by atoms with Gasteiger partial charge in [-0.1, -0.05) is 48.5 Å². The fourth-order valence-corrected chi connectivity index (χ4v) is 2.73. The highest BCUT2D eigenvalue weighted by molar-refractivity contribution is 5.84.